The molecule has 0 bridgehead atoms. The molecule has 116 valence electrons. The third-order valence-electron chi connectivity index (χ3n) is 3.42. The molecule has 0 saturated carbocycles. The van der Waals surface area contributed by atoms with Gasteiger partial charge in [0.2, 0.25) is 15.9 Å². The summed E-state index contributed by atoms with van der Waals surface area (Å²) in [6.07, 6.45) is 1.72. The summed E-state index contributed by atoms with van der Waals surface area (Å²) in [5, 5.41) is 2.74. The van der Waals surface area contributed by atoms with Crippen LogP contribution in [0.5, 0.6) is 5.75 Å². The second kappa shape index (κ2) is 6.91. The van der Waals surface area contributed by atoms with Crippen molar-refractivity contribution in [1.29, 1.82) is 0 Å². The van der Waals surface area contributed by atoms with Crippen LogP contribution in [0.3, 0.4) is 0 Å². The van der Waals surface area contributed by atoms with Gasteiger partial charge in [0, 0.05) is 25.2 Å². The van der Waals surface area contributed by atoms with Gasteiger partial charge in [-0.25, -0.2) is 12.7 Å². The summed E-state index contributed by atoms with van der Waals surface area (Å²) < 4.78 is 30.1. The molecule has 7 heteroatoms. The van der Waals surface area contributed by atoms with Crippen molar-refractivity contribution in [3.05, 3.63) is 24.3 Å². The molecule has 1 amide bonds. The third kappa shape index (κ3) is 4.44. The number of sulfonamides is 1. The van der Waals surface area contributed by atoms with Crippen molar-refractivity contribution >= 4 is 21.6 Å². The standard InChI is InChI=1S/C14H20N2O4S/c1-20-13-6-4-12(5-7-13)15-14(17)8-10-16-9-2-3-11-21(16,18)19/h4-7H,2-3,8-11H2,1H3,(H,15,17). The molecular formula is C14H20N2O4S. The second-order valence-electron chi connectivity index (χ2n) is 4.95. The number of hydrogen-bond donors (Lipinski definition) is 1. The van der Waals surface area contributed by atoms with Gasteiger partial charge in [-0.2, -0.15) is 0 Å². The molecule has 1 aliphatic rings. The topological polar surface area (TPSA) is 75.7 Å². The lowest BCUT2D eigenvalue weighted by atomic mass is 10.3. The first-order chi connectivity index (χ1) is 10.0. The predicted octanol–water partition coefficient (Wildman–Crippen LogP) is 1.45. The minimum atomic E-state index is -3.16. The first-order valence-electron chi connectivity index (χ1n) is 6.93. The number of benzene rings is 1. The van der Waals surface area contributed by atoms with E-state index in [1.807, 2.05) is 0 Å². The van der Waals surface area contributed by atoms with Crippen molar-refractivity contribution in [2.45, 2.75) is 19.3 Å². The molecule has 0 atom stereocenters. The van der Waals surface area contributed by atoms with Gasteiger partial charge in [-0.3, -0.25) is 4.79 Å². The van der Waals surface area contributed by atoms with Gasteiger partial charge in [0.15, 0.2) is 0 Å². The van der Waals surface area contributed by atoms with Crippen molar-refractivity contribution in [1.82, 2.24) is 4.31 Å². The molecule has 1 aromatic carbocycles. The normalized spacial score (nSPS) is 18.1. The lowest BCUT2D eigenvalue weighted by molar-refractivity contribution is -0.116. The molecule has 2 rings (SSSR count). The molecule has 1 aromatic rings. The highest BCUT2D eigenvalue weighted by atomic mass is 32.2. The maximum absolute atomic E-state index is 11.9. The van der Waals surface area contributed by atoms with E-state index in [2.05, 4.69) is 5.32 Å². The predicted molar refractivity (Wildman–Crippen MR) is 80.8 cm³/mol. The van der Waals surface area contributed by atoms with Crippen molar-refractivity contribution in [2.75, 3.05) is 31.3 Å². The summed E-state index contributed by atoms with van der Waals surface area (Å²) in [4.78, 5) is 11.9. The Bertz CT molecular complexity index is 583. The Balaban J connectivity index is 1.84. The van der Waals surface area contributed by atoms with Crippen LogP contribution in [0.25, 0.3) is 0 Å². The van der Waals surface area contributed by atoms with Crippen LogP contribution in [0.4, 0.5) is 5.69 Å². The van der Waals surface area contributed by atoms with Crippen LogP contribution in [0, 0.1) is 0 Å². The fourth-order valence-corrected chi connectivity index (χ4v) is 3.82. The SMILES string of the molecule is COc1ccc(NC(=O)CCN2CCCCS2(=O)=O)cc1. The Labute approximate surface area is 125 Å². The summed E-state index contributed by atoms with van der Waals surface area (Å²) in [7, 11) is -1.59. The highest BCUT2D eigenvalue weighted by Crippen LogP contribution is 2.16. The van der Waals surface area contributed by atoms with E-state index in [1.165, 1.54) is 4.31 Å². The van der Waals surface area contributed by atoms with Gasteiger partial charge in [0.1, 0.15) is 5.75 Å². The van der Waals surface area contributed by atoms with Gasteiger partial charge < -0.3 is 10.1 Å². The smallest absolute Gasteiger partial charge is 0.225 e. The number of methoxy groups -OCH3 is 1. The van der Waals surface area contributed by atoms with Crippen molar-refractivity contribution < 1.29 is 17.9 Å². The van der Waals surface area contributed by atoms with E-state index in [0.717, 1.165) is 6.42 Å². The summed E-state index contributed by atoms with van der Waals surface area (Å²) in [6.45, 7) is 0.752. The average molecular weight is 312 g/mol. The molecule has 1 heterocycles. The second-order valence-corrected chi connectivity index (χ2v) is 7.04. The number of carbonyl (C=O) groups excluding carboxylic acids is 1. The molecule has 0 spiro atoms. The summed E-state index contributed by atoms with van der Waals surface area (Å²) in [5.74, 6) is 0.709. The van der Waals surface area contributed by atoms with Gasteiger partial charge in [-0.1, -0.05) is 0 Å². The van der Waals surface area contributed by atoms with Crippen LogP contribution in [0.1, 0.15) is 19.3 Å². The van der Waals surface area contributed by atoms with Crippen LogP contribution in [-0.4, -0.2) is 44.6 Å². The third-order valence-corrected chi connectivity index (χ3v) is 5.37. The Morgan fingerprint density at radius 3 is 2.62 bits per heavy atom. The maximum Gasteiger partial charge on any atom is 0.225 e. The zero-order chi connectivity index (χ0) is 15.3. The van der Waals surface area contributed by atoms with Crippen molar-refractivity contribution in [2.24, 2.45) is 0 Å². The molecular weight excluding hydrogens is 292 g/mol. The molecule has 1 saturated heterocycles. The van der Waals surface area contributed by atoms with Crippen LogP contribution < -0.4 is 10.1 Å². The molecule has 1 N–H and O–H groups in total. The van der Waals surface area contributed by atoms with Crippen LogP contribution in [-0.2, 0) is 14.8 Å². The maximum atomic E-state index is 11.9. The number of amides is 1. The number of hydrogen-bond acceptors (Lipinski definition) is 4. The van der Waals surface area contributed by atoms with Crippen molar-refractivity contribution in [3.63, 3.8) is 0 Å². The average Bonchev–Trinajstić information content (AvgIpc) is 2.46. The molecule has 0 unspecified atom stereocenters. The minimum Gasteiger partial charge on any atom is -0.497 e. The molecule has 0 radical (unpaired) electrons. The highest BCUT2D eigenvalue weighted by Gasteiger charge is 2.25. The highest BCUT2D eigenvalue weighted by molar-refractivity contribution is 7.89. The van der Waals surface area contributed by atoms with E-state index in [9.17, 15) is 13.2 Å². The first kappa shape index (κ1) is 15.8. The largest absolute Gasteiger partial charge is 0.497 e. The molecule has 0 aromatic heterocycles. The fourth-order valence-electron chi connectivity index (χ4n) is 2.22. The molecule has 21 heavy (non-hydrogen) atoms. The van der Waals surface area contributed by atoms with Gasteiger partial charge in [-0.15, -0.1) is 0 Å². The number of rotatable bonds is 5. The van der Waals surface area contributed by atoms with E-state index in [1.54, 1.807) is 31.4 Å². The summed E-state index contributed by atoms with van der Waals surface area (Å²) in [5.41, 5.74) is 0.669. The lowest BCUT2D eigenvalue weighted by Gasteiger charge is -2.25. The number of nitrogens with one attached hydrogen (secondary N) is 1. The first-order valence-corrected chi connectivity index (χ1v) is 8.54. The van der Waals surface area contributed by atoms with Gasteiger partial charge in [0.05, 0.1) is 12.9 Å². The number of anilines is 1. The van der Waals surface area contributed by atoms with E-state index in [4.69, 9.17) is 4.74 Å². The van der Waals surface area contributed by atoms with E-state index in [0.29, 0.717) is 24.4 Å². The van der Waals surface area contributed by atoms with E-state index in [-0.39, 0.29) is 24.6 Å². The molecule has 6 nitrogen and oxygen atoms in total. The van der Waals surface area contributed by atoms with E-state index < -0.39 is 10.0 Å². The lowest BCUT2D eigenvalue weighted by Crippen LogP contribution is -2.39. The van der Waals surface area contributed by atoms with E-state index >= 15 is 0 Å². The minimum absolute atomic E-state index is 0.158. The number of nitrogens with zero attached hydrogens (tertiary/aromatic N) is 1. The van der Waals surface area contributed by atoms with Gasteiger partial charge in [0.25, 0.3) is 0 Å². The van der Waals surface area contributed by atoms with Gasteiger partial charge in [-0.05, 0) is 37.1 Å². The molecule has 0 aliphatic carbocycles. The number of carbonyl (C=O) groups is 1. The number of ether oxygens (including phenoxy) is 1. The monoisotopic (exact) mass is 312 g/mol. The quantitative estimate of drug-likeness (QED) is 0.893. The van der Waals surface area contributed by atoms with Gasteiger partial charge >= 0.3 is 0 Å². The summed E-state index contributed by atoms with van der Waals surface area (Å²) >= 11 is 0. The Morgan fingerprint density at radius 1 is 1.29 bits per heavy atom. The zero-order valence-corrected chi connectivity index (χ0v) is 12.9. The Kier molecular flexibility index (Phi) is 5.19. The Hall–Kier alpha value is -1.60. The Morgan fingerprint density at radius 2 is 2.00 bits per heavy atom. The zero-order valence-electron chi connectivity index (χ0n) is 12.0. The molecule has 1 aliphatic heterocycles. The van der Waals surface area contributed by atoms with Crippen molar-refractivity contribution in [3.8, 4) is 5.75 Å². The fraction of sp³-hybridized carbons (Fsp3) is 0.500. The van der Waals surface area contributed by atoms with Crippen LogP contribution in [0.15, 0.2) is 24.3 Å². The van der Waals surface area contributed by atoms with Crippen LogP contribution in [0.2, 0.25) is 0 Å². The van der Waals surface area contributed by atoms with Crippen LogP contribution >= 0.6 is 0 Å². The molecule has 1 fully saturated rings. The summed E-state index contributed by atoms with van der Waals surface area (Å²) in [6, 6.07) is 7.00.